The van der Waals surface area contributed by atoms with Crippen molar-refractivity contribution in [3.05, 3.63) is 128 Å². The fourth-order valence-corrected chi connectivity index (χ4v) is 4.52. The zero-order chi connectivity index (χ0) is 24.9. The molecule has 0 radical (unpaired) electrons. The first-order valence-corrected chi connectivity index (χ1v) is 12.1. The highest BCUT2D eigenvalue weighted by Gasteiger charge is 2.27. The van der Waals surface area contributed by atoms with E-state index < -0.39 is 12.2 Å². The van der Waals surface area contributed by atoms with Gasteiger partial charge in [-0.05, 0) is 61.4 Å². The van der Waals surface area contributed by atoms with Gasteiger partial charge in [-0.15, -0.1) is 0 Å². The van der Waals surface area contributed by atoms with Gasteiger partial charge in [-0.1, -0.05) is 82.9 Å². The number of rotatable bonds is 8. The number of hydrogen-bond acceptors (Lipinski definition) is 3. The summed E-state index contributed by atoms with van der Waals surface area (Å²) in [5.74, 6) is 1.55. The highest BCUT2D eigenvalue weighted by molar-refractivity contribution is 6.31. The van der Waals surface area contributed by atoms with Gasteiger partial charge in [0.1, 0.15) is 23.7 Å². The molecule has 4 aromatic carbocycles. The third-order valence-corrected chi connectivity index (χ3v) is 6.67. The van der Waals surface area contributed by atoms with Crippen LogP contribution >= 0.6 is 23.2 Å². The van der Waals surface area contributed by atoms with Gasteiger partial charge in [0.05, 0.1) is 14.2 Å². The Hall–Kier alpha value is -2.98. The van der Waals surface area contributed by atoms with Crippen LogP contribution in [0.4, 0.5) is 0 Å². The Morgan fingerprint density at radius 2 is 0.914 bits per heavy atom. The average molecular weight is 507 g/mol. The van der Waals surface area contributed by atoms with E-state index in [0.29, 0.717) is 10.0 Å². The zero-order valence-electron chi connectivity index (χ0n) is 20.2. The Morgan fingerprint density at radius 3 is 1.26 bits per heavy atom. The standard InChI is InChI=1S/C30H28Cl2O3/c1-19-5-15-27(31)25(17-19)29(21-7-11-23(33-3)12-8-21)35-30(22-9-13-24(34-4)14-10-22)26-18-20(2)6-16-28(26)32/h5-18,29-30H,1-4H3. The Kier molecular flexibility index (Phi) is 8.02. The lowest BCUT2D eigenvalue weighted by Gasteiger charge is -2.28. The lowest BCUT2D eigenvalue weighted by molar-refractivity contribution is 0.0308. The summed E-state index contributed by atoms with van der Waals surface area (Å²) in [5, 5.41) is 1.28. The summed E-state index contributed by atoms with van der Waals surface area (Å²) in [6, 6.07) is 27.7. The first-order valence-electron chi connectivity index (χ1n) is 11.3. The molecular weight excluding hydrogens is 479 g/mol. The van der Waals surface area contributed by atoms with Gasteiger partial charge in [-0.25, -0.2) is 0 Å². The zero-order valence-corrected chi connectivity index (χ0v) is 21.7. The van der Waals surface area contributed by atoms with E-state index in [1.54, 1.807) is 14.2 Å². The molecule has 0 saturated carbocycles. The van der Waals surface area contributed by atoms with Gasteiger partial charge >= 0.3 is 0 Å². The van der Waals surface area contributed by atoms with Gasteiger partial charge in [-0.2, -0.15) is 0 Å². The number of ether oxygens (including phenoxy) is 3. The largest absolute Gasteiger partial charge is 0.497 e. The Labute approximate surface area is 217 Å². The number of benzene rings is 4. The predicted molar refractivity (Wildman–Crippen MR) is 143 cm³/mol. The minimum absolute atomic E-state index is 0.447. The highest BCUT2D eigenvalue weighted by atomic mass is 35.5. The Morgan fingerprint density at radius 1 is 0.543 bits per heavy atom. The number of aryl methyl sites for hydroxylation is 2. The van der Waals surface area contributed by atoms with E-state index in [9.17, 15) is 0 Å². The molecule has 3 nitrogen and oxygen atoms in total. The summed E-state index contributed by atoms with van der Waals surface area (Å²) in [7, 11) is 3.31. The van der Waals surface area contributed by atoms with Crippen LogP contribution in [0.25, 0.3) is 0 Å². The van der Waals surface area contributed by atoms with E-state index in [-0.39, 0.29) is 0 Å². The van der Waals surface area contributed by atoms with Gasteiger partial charge in [-0.3, -0.25) is 0 Å². The average Bonchev–Trinajstić information content (AvgIpc) is 2.88. The molecule has 0 amide bonds. The molecule has 0 aliphatic rings. The van der Waals surface area contributed by atoms with Gasteiger partial charge in [0.2, 0.25) is 0 Å². The van der Waals surface area contributed by atoms with E-state index >= 15 is 0 Å². The fourth-order valence-electron chi connectivity index (χ4n) is 4.08. The molecular formula is C30H28Cl2O3. The molecule has 2 atom stereocenters. The minimum atomic E-state index is -0.447. The van der Waals surface area contributed by atoms with E-state index in [1.807, 2.05) is 86.6 Å². The molecule has 0 N–H and O–H groups in total. The molecule has 180 valence electrons. The van der Waals surface area contributed by atoms with Crippen molar-refractivity contribution in [2.24, 2.45) is 0 Å². The van der Waals surface area contributed by atoms with Gasteiger partial charge in [0.15, 0.2) is 0 Å². The van der Waals surface area contributed by atoms with Gasteiger partial charge < -0.3 is 14.2 Å². The number of hydrogen-bond donors (Lipinski definition) is 0. The van der Waals surface area contributed by atoms with E-state index in [1.165, 1.54) is 0 Å². The molecule has 2 unspecified atom stereocenters. The topological polar surface area (TPSA) is 27.7 Å². The van der Waals surface area contributed by atoms with Crippen LogP contribution in [0.5, 0.6) is 11.5 Å². The second-order valence-electron chi connectivity index (χ2n) is 8.49. The monoisotopic (exact) mass is 506 g/mol. The van der Waals surface area contributed by atoms with Crippen molar-refractivity contribution in [3.63, 3.8) is 0 Å². The summed E-state index contributed by atoms with van der Waals surface area (Å²) in [4.78, 5) is 0. The smallest absolute Gasteiger partial charge is 0.118 e. The van der Waals surface area contributed by atoms with Crippen LogP contribution in [-0.4, -0.2) is 14.2 Å². The molecule has 35 heavy (non-hydrogen) atoms. The fraction of sp³-hybridized carbons (Fsp3) is 0.200. The Balaban J connectivity index is 1.87. The van der Waals surface area contributed by atoms with Crippen LogP contribution in [0.3, 0.4) is 0 Å². The molecule has 0 aromatic heterocycles. The molecule has 0 spiro atoms. The van der Waals surface area contributed by atoms with Crippen LogP contribution in [-0.2, 0) is 4.74 Å². The molecule has 0 bridgehead atoms. The van der Waals surface area contributed by atoms with Crippen LogP contribution in [0.1, 0.15) is 45.6 Å². The van der Waals surface area contributed by atoms with Crippen molar-refractivity contribution >= 4 is 23.2 Å². The molecule has 0 fully saturated rings. The molecule has 0 aliphatic heterocycles. The third kappa shape index (κ3) is 5.82. The molecule has 0 saturated heterocycles. The summed E-state index contributed by atoms with van der Waals surface area (Å²) in [6.07, 6.45) is -0.894. The summed E-state index contributed by atoms with van der Waals surface area (Å²) in [6.45, 7) is 4.09. The second kappa shape index (κ2) is 11.2. The van der Waals surface area contributed by atoms with Crippen LogP contribution < -0.4 is 9.47 Å². The Bertz CT molecular complexity index is 1180. The molecule has 0 heterocycles. The quantitative estimate of drug-likeness (QED) is 0.239. The number of methoxy groups -OCH3 is 2. The molecule has 4 rings (SSSR count). The van der Waals surface area contributed by atoms with E-state index in [2.05, 4.69) is 12.1 Å². The maximum atomic E-state index is 6.96. The van der Waals surface area contributed by atoms with Crippen molar-refractivity contribution in [1.82, 2.24) is 0 Å². The lowest BCUT2D eigenvalue weighted by atomic mass is 9.96. The maximum Gasteiger partial charge on any atom is 0.118 e. The predicted octanol–water partition coefficient (Wildman–Crippen LogP) is 8.52. The van der Waals surface area contributed by atoms with Crippen molar-refractivity contribution in [2.75, 3.05) is 14.2 Å². The molecule has 0 aliphatic carbocycles. The van der Waals surface area contributed by atoms with Crippen molar-refractivity contribution in [2.45, 2.75) is 26.1 Å². The number of halogens is 2. The first-order chi connectivity index (χ1) is 16.9. The van der Waals surface area contributed by atoms with Gasteiger partial charge in [0.25, 0.3) is 0 Å². The van der Waals surface area contributed by atoms with E-state index in [0.717, 1.165) is 44.9 Å². The summed E-state index contributed by atoms with van der Waals surface area (Å²) >= 11 is 13.4. The molecule has 4 aromatic rings. The molecule has 5 heteroatoms. The SMILES string of the molecule is COc1ccc(C(OC(c2ccc(OC)cc2)c2cc(C)ccc2Cl)c2cc(C)ccc2Cl)cc1. The lowest BCUT2D eigenvalue weighted by Crippen LogP contribution is -2.14. The highest BCUT2D eigenvalue weighted by Crippen LogP contribution is 2.41. The summed E-state index contributed by atoms with van der Waals surface area (Å²) in [5.41, 5.74) is 5.89. The van der Waals surface area contributed by atoms with Crippen LogP contribution in [0.15, 0.2) is 84.9 Å². The van der Waals surface area contributed by atoms with Crippen LogP contribution in [0, 0.1) is 13.8 Å². The minimum Gasteiger partial charge on any atom is -0.497 e. The summed E-state index contributed by atoms with van der Waals surface area (Å²) < 4.78 is 17.7. The van der Waals surface area contributed by atoms with E-state index in [4.69, 9.17) is 37.4 Å². The van der Waals surface area contributed by atoms with Crippen molar-refractivity contribution < 1.29 is 14.2 Å². The van der Waals surface area contributed by atoms with Crippen LogP contribution in [0.2, 0.25) is 10.0 Å². The third-order valence-electron chi connectivity index (χ3n) is 5.98. The first kappa shape index (κ1) is 25.1. The maximum absolute atomic E-state index is 6.96. The van der Waals surface area contributed by atoms with Gasteiger partial charge in [0, 0.05) is 21.2 Å². The normalized spacial score (nSPS) is 12.7. The second-order valence-corrected chi connectivity index (χ2v) is 9.31. The van der Waals surface area contributed by atoms with Crippen molar-refractivity contribution in [3.8, 4) is 11.5 Å². The van der Waals surface area contributed by atoms with Crippen molar-refractivity contribution in [1.29, 1.82) is 0 Å².